The molecule has 106 valence electrons. The molecule has 0 N–H and O–H groups in total. The quantitative estimate of drug-likeness (QED) is 0.595. The molecule has 1 aliphatic rings. The molecule has 1 aliphatic heterocycles. The van der Waals surface area contributed by atoms with Gasteiger partial charge >= 0.3 is 0 Å². The number of allylic oxidation sites excluding steroid dienone is 2. The first kappa shape index (κ1) is 14.4. The number of benzene rings is 1. The van der Waals surface area contributed by atoms with Gasteiger partial charge in [0.25, 0.3) is 0 Å². The number of rotatable bonds is 5. The van der Waals surface area contributed by atoms with Crippen LogP contribution in [0.3, 0.4) is 0 Å². The lowest BCUT2D eigenvalue weighted by Gasteiger charge is -2.24. The molecule has 2 rings (SSSR count). The van der Waals surface area contributed by atoms with E-state index in [0.29, 0.717) is 5.56 Å². The maximum absolute atomic E-state index is 11.0. The highest BCUT2D eigenvalue weighted by molar-refractivity contribution is 5.76. The van der Waals surface area contributed by atoms with Gasteiger partial charge in [-0.05, 0) is 37.6 Å². The number of carbonyl (C=O) groups excluding carboxylic acids is 1. The van der Waals surface area contributed by atoms with Gasteiger partial charge < -0.3 is 9.47 Å². The normalized spacial score (nSPS) is 19.0. The van der Waals surface area contributed by atoms with Crippen LogP contribution in [-0.4, -0.2) is 12.6 Å². The van der Waals surface area contributed by atoms with Crippen molar-refractivity contribution in [2.45, 2.75) is 38.9 Å². The summed E-state index contributed by atoms with van der Waals surface area (Å²) in [4.78, 5) is 11.0. The summed E-state index contributed by atoms with van der Waals surface area (Å²) in [6.07, 6.45) is 6.01. The van der Waals surface area contributed by atoms with E-state index < -0.39 is 0 Å². The fourth-order valence-electron chi connectivity index (χ4n) is 2.09. The molecule has 20 heavy (non-hydrogen) atoms. The summed E-state index contributed by atoms with van der Waals surface area (Å²) >= 11 is 0. The molecule has 0 amide bonds. The first-order chi connectivity index (χ1) is 9.61. The first-order valence-corrected chi connectivity index (χ1v) is 6.83. The Morgan fingerprint density at radius 1 is 1.55 bits per heavy atom. The smallest absolute Gasteiger partial charge is 0.240 e. The van der Waals surface area contributed by atoms with E-state index in [9.17, 15) is 4.79 Å². The molecule has 1 aromatic carbocycles. The van der Waals surface area contributed by atoms with Crippen LogP contribution in [0.2, 0.25) is 0 Å². The predicted octanol–water partition coefficient (Wildman–Crippen LogP) is 4.21. The van der Waals surface area contributed by atoms with Crippen LogP contribution in [0.15, 0.2) is 42.7 Å². The summed E-state index contributed by atoms with van der Waals surface area (Å²) in [6, 6.07) is 5.45. The molecule has 1 aromatic rings. The van der Waals surface area contributed by atoms with Gasteiger partial charge in [-0.2, -0.15) is 0 Å². The van der Waals surface area contributed by atoms with Crippen LogP contribution in [0.25, 0.3) is 0 Å². The zero-order valence-corrected chi connectivity index (χ0v) is 12.0. The second-order valence-electron chi connectivity index (χ2n) is 5.12. The van der Waals surface area contributed by atoms with Crippen molar-refractivity contribution < 1.29 is 14.3 Å². The van der Waals surface area contributed by atoms with Gasteiger partial charge in [-0.25, -0.2) is 0 Å². The SMILES string of the molecule is C=C(C)C(C)c1cc(C=O)ccc1OC1CCC=CO1. The number of aldehydes is 1. The molecule has 0 spiro atoms. The van der Waals surface area contributed by atoms with Crippen molar-refractivity contribution in [1.29, 1.82) is 0 Å². The number of carbonyl (C=O) groups is 1. The third-order valence-corrected chi connectivity index (χ3v) is 3.53. The lowest BCUT2D eigenvalue weighted by Crippen LogP contribution is -2.21. The van der Waals surface area contributed by atoms with E-state index in [4.69, 9.17) is 9.47 Å². The van der Waals surface area contributed by atoms with E-state index in [1.165, 1.54) is 0 Å². The summed E-state index contributed by atoms with van der Waals surface area (Å²) < 4.78 is 11.4. The minimum Gasteiger partial charge on any atom is -0.463 e. The van der Waals surface area contributed by atoms with Crippen LogP contribution in [0.4, 0.5) is 0 Å². The van der Waals surface area contributed by atoms with Crippen molar-refractivity contribution >= 4 is 6.29 Å². The Hall–Kier alpha value is -2.03. The molecule has 1 heterocycles. The maximum Gasteiger partial charge on any atom is 0.240 e. The minimum absolute atomic E-state index is 0.129. The van der Waals surface area contributed by atoms with E-state index in [1.54, 1.807) is 12.3 Å². The summed E-state index contributed by atoms with van der Waals surface area (Å²) in [7, 11) is 0. The standard InChI is InChI=1S/C17H20O3/c1-12(2)13(3)15-10-14(11-18)7-8-16(15)20-17-6-4-5-9-19-17/h5,7-11,13,17H,1,4,6H2,2-3H3. The number of hydrogen-bond donors (Lipinski definition) is 0. The monoisotopic (exact) mass is 272 g/mol. The van der Waals surface area contributed by atoms with Crippen molar-refractivity contribution in [2.75, 3.05) is 0 Å². The van der Waals surface area contributed by atoms with Gasteiger partial charge in [-0.1, -0.05) is 19.1 Å². The van der Waals surface area contributed by atoms with Gasteiger partial charge in [0.05, 0.1) is 6.26 Å². The molecule has 3 nitrogen and oxygen atoms in total. The highest BCUT2D eigenvalue weighted by atomic mass is 16.7. The molecular formula is C17H20O3. The Bertz CT molecular complexity index is 531. The minimum atomic E-state index is -0.266. The summed E-state index contributed by atoms with van der Waals surface area (Å²) in [5.41, 5.74) is 2.65. The third-order valence-electron chi connectivity index (χ3n) is 3.53. The Morgan fingerprint density at radius 3 is 2.95 bits per heavy atom. The molecule has 0 saturated heterocycles. The first-order valence-electron chi connectivity index (χ1n) is 6.83. The lowest BCUT2D eigenvalue weighted by atomic mass is 9.93. The second-order valence-corrected chi connectivity index (χ2v) is 5.12. The molecule has 2 atom stereocenters. The van der Waals surface area contributed by atoms with Crippen LogP contribution in [-0.2, 0) is 4.74 Å². The predicted molar refractivity (Wildman–Crippen MR) is 78.9 cm³/mol. The summed E-state index contributed by atoms with van der Waals surface area (Å²) in [5.74, 6) is 0.885. The lowest BCUT2D eigenvalue weighted by molar-refractivity contribution is -0.0421. The maximum atomic E-state index is 11.0. The van der Waals surface area contributed by atoms with Crippen LogP contribution >= 0.6 is 0 Å². The topological polar surface area (TPSA) is 35.5 Å². The molecule has 0 radical (unpaired) electrons. The summed E-state index contributed by atoms with van der Waals surface area (Å²) in [5, 5.41) is 0. The highest BCUT2D eigenvalue weighted by Gasteiger charge is 2.18. The second kappa shape index (κ2) is 6.42. The van der Waals surface area contributed by atoms with E-state index in [1.807, 2.05) is 25.1 Å². The Morgan fingerprint density at radius 2 is 2.35 bits per heavy atom. The van der Waals surface area contributed by atoms with Gasteiger partial charge in [0.2, 0.25) is 6.29 Å². The largest absolute Gasteiger partial charge is 0.463 e. The van der Waals surface area contributed by atoms with Gasteiger partial charge in [0, 0.05) is 23.5 Å². The van der Waals surface area contributed by atoms with E-state index >= 15 is 0 Å². The van der Waals surface area contributed by atoms with E-state index in [-0.39, 0.29) is 12.2 Å². The molecule has 0 aliphatic carbocycles. The number of hydrogen-bond acceptors (Lipinski definition) is 3. The van der Waals surface area contributed by atoms with Crippen LogP contribution in [0, 0.1) is 0 Å². The van der Waals surface area contributed by atoms with Gasteiger partial charge in [-0.3, -0.25) is 4.79 Å². The Balaban J connectivity index is 2.28. The molecule has 3 heteroatoms. The Kier molecular flexibility index (Phi) is 4.61. The molecular weight excluding hydrogens is 252 g/mol. The molecule has 0 bridgehead atoms. The van der Waals surface area contributed by atoms with E-state index in [2.05, 4.69) is 13.5 Å². The van der Waals surface area contributed by atoms with Gasteiger partial charge in [-0.15, -0.1) is 0 Å². The fourth-order valence-corrected chi connectivity index (χ4v) is 2.09. The summed E-state index contributed by atoms with van der Waals surface area (Å²) in [6.45, 7) is 8.02. The fraction of sp³-hybridized carbons (Fsp3) is 0.353. The molecule has 0 aromatic heterocycles. The average Bonchev–Trinajstić information content (AvgIpc) is 2.48. The van der Waals surface area contributed by atoms with Gasteiger partial charge in [0.1, 0.15) is 12.0 Å². The highest BCUT2D eigenvalue weighted by Crippen LogP contribution is 2.33. The molecule has 0 fully saturated rings. The van der Waals surface area contributed by atoms with E-state index in [0.717, 1.165) is 36.0 Å². The zero-order chi connectivity index (χ0) is 14.5. The molecule has 2 unspecified atom stereocenters. The van der Waals surface area contributed by atoms with Crippen LogP contribution in [0.1, 0.15) is 48.5 Å². The van der Waals surface area contributed by atoms with Crippen LogP contribution < -0.4 is 4.74 Å². The van der Waals surface area contributed by atoms with Crippen molar-refractivity contribution in [3.8, 4) is 5.75 Å². The van der Waals surface area contributed by atoms with Gasteiger partial charge in [0.15, 0.2) is 0 Å². The third kappa shape index (κ3) is 3.29. The number of ether oxygens (including phenoxy) is 2. The van der Waals surface area contributed by atoms with Crippen LogP contribution in [0.5, 0.6) is 5.75 Å². The zero-order valence-electron chi connectivity index (χ0n) is 12.0. The van der Waals surface area contributed by atoms with Crippen molar-refractivity contribution in [2.24, 2.45) is 0 Å². The Labute approximate surface area is 119 Å². The van der Waals surface area contributed by atoms with Crippen molar-refractivity contribution in [1.82, 2.24) is 0 Å². The average molecular weight is 272 g/mol. The van der Waals surface area contributed by atoms with Crippen molar-refractivity contribution in [3.63, 3.8) is 0 Å². The molecule has 0 saturated carbocycles. The van der Waals surface area contributed by atoms with Crippen molar-refractivity contribution in [3.05, 3.63) is 53.8 Å².